The Hall–Kier alpha value is -2.58. The molecule has 0 N–H and O–H groups in total. The first-order valence-corrected chi connectivity index (χ1v) is 8.24. The second-order valence-electron chi connectivity index (χ2n) is 6.01. The van der Waals surface area contributed by atoms with Crippen LogP contribution in [0.25, 0.3) is 0 Å². The Kier molecular flexibility index (Phi) is 5.43. The number of piperidine rings is 1. The Labute approximate surface area is 149 Å². The van der Waals surface area contributed by atoms with Gasteiger partial charge in [0.1, 0.15) is 11.4 Å². The maximum Gasteiger partial charge on any atom is 0.433 e. The van der Waals surface area contributed by atoms with Crippen LogP contribution in [0.5, 0.6) is 11.6 Å². The molecule has 9 heteroatoms. The molecule has 0 aromatic carbocycles. The zero-order chi connectivity index (χ0) is 18.6. The zero-order valence-corrected chi connectivity index (χ0v) is 14.2. The van der Waals surface area contributed by atoms with E-state index in [1.807, 2.05) is 0 Å². The van der Waals surface area contributed by atoms with Crippen molar-refractivity contribution in [1.82, 2.24) is 15.0 Å². The number of aromatic nitrogens is 3. The smallest absolute Gasteiger partial charge is 0.433 e. The molecular formula is C17H19F3N4O2. The van der Waals surface area contributed by atoms with Crippen LogP contribution >= 0.6 is 0 Å². The van der Waals surface area contributed by atoms with E-state index in [1.165, 1.54) is 6.07 Å². The number of hydrogen-bond acceptors (Lipinski definition) is 6. The number of halogens is 3. The highest BCUT2D eigenvalue weighted by Gasteiger charge is 2.32. The van der Waals surface area contributed by atoms with E-state index >= 15 is 0 Å². The van der Waals surface area contributed by atoms with Crippen LogP contribution in [0.3, 0.4) is 0 Å². The molecule has 26 heavy (non-hydrogen) atoms. The summed E-state index contributed by atoms with van der Waals surface area (Å²) in [6.07, 6.45) is -0.0179. The number of alkyl halides is 3. The van der Waals surface area contributed by atoms with Crippen LogP contribution in [-0.2, 0) is 6.18 Å². The van der Waals surface area contributed by atoms with Crippen molar-refractivity contribution in [1.29, 1.82) is 0 Å². The van der Waals surface area contributed by atoms with E-state index in [4.69, 9.17) is 9.47 Å². The van der Waals surface area contributed by atoms with Gasteiger partial charge in [-0.15, -0.1) is 0 Å². The number of ether oxygens (including phenoxy) is 2. The van der Waals surface area contributed by atoms with Gasteiger partial charge < -0.3 is 14.4 Å². The molecule has 0 bridgehead atoms. The van der Waals surface area contributed by atoms with Gasteiger partial charge in [0.05, 0.1) is 13.7 Å². The molecule has 0 amide bonds. The Balaban J connectivity index is 1.51. The maximum atomic E-state index is 12.7. The van der Waals surface area contributed by atoms with Gasteiger partial charge in [-0.2, -0.15) is 18.2 Å². The fourth-order valence-electron chi connectivity index (χ4n) is 2.77. The normalized spacial score (nSPS) is 15.8. The summed E-state index contributed by atoms with van der Waals surface area (Å²) in [5.74, 6) is 1.58. The molecule has 140 valence electrons. The van der Waals surface area contributed by atoms with Crippen LogP contribution in [0.4, 0.5) is 19.1 Å². The van der Waals surface area contributed by atoms with E-state index in [9.17, 15) is 13.2 Å². The summed E-state index contributed by atoms with van der Waals surface area (Å²) in [5, 5.41) is 0. The summed E-state index contributed by atoms with van der Waals surface area (Å²) < 4.78 is 48.7. The molecule has 0 aliphatic carbocycles. The lowest BCUT2D eigenvalue weighted by molar-refractivity contribution is -0.141. The molecule has 3 heterocycles. The predicted molar refractivity (Wildman–Crippen MR) is 88.3 cm³/mol. The van der Waals surface area contributed by atoms with E-state index in [1.54, 1.807) is 19.4 Å². The number of rotatable bonds is 5. The van der Waals surface area contributed by atoms with Gasteiger partial charge in [-0.3, -0.25) is 4.98 Å². The SMILES string of the molecule is COc1ccnc(N2CCC(COc3ccnc(C(F)(F)F)c3)CC2)n1. The van der Waals surface area contributed by atoms with E-state index in [-0.39, 0.29) is 11.7 Å². The lowest BCUT2D eigenvalue weighted by atomic mass is 9.98. The third-order valence-corrected chi connectivity index (χ3v) is 4.23. The molecule has 2 aromatic rings. The number of nitrogens with zero attached hydrogens (tertiary/aromatic N) is 4. The van der Waals surface area contributed by atoms with Crippen LogP contribution in [0.2, 0.25) is 0 Å². The fourth-order valence-corrected chi connectivity index (χ4v) is 2.77. The summed E-state index contributed by atoms with van der Waals surface area (Å²) in [5.41, 5.74) is -0.944. The quantitative estimate of drug-likeness (QED) is 0.808. The van der Waals surface area contributed by atoms with Crippen LogP contribution in [0, 0.1) is 5.92 Å². The summed E-state index contributed by atoms with van der Waals surface area (Å²) in [7, 11) is 1.55. The molecule has 2 aromatic heterocycles. The molecule has 3 rings (SSSR count). The first kappa shape index (κ1) is 18.2. The van der Waals surface area contributed by atoms with Gasteiger partial charge in [0.15, 0.2) is 0 Å². The molecule has 1 fully saturated rings. The molecule has 1 saturated heterocycles. The molecule has 0 spiro atoms. The zero-order valence-electron chi connectivity index (χ0n) is 14.2. The largest absolute Gasteiger partial charge is 0.493 e. The monoisotopic (exact) mass is 368 g/mol. The van der Waals surface area contributed by atoms with Crippen molar-refractivity contribution < 1.29 is 22.6 Å². The highest BCUT2D eigenvalue weighted by molar-refractivity contribution is 5.32. The Morgan fingerprint density at radius 2 is 1.88 bits per heavy atom. The first-order chi connectivity index (χ1) is 12.5. The van der Waals surface area contributed by atoms with Crippen LogP contribution in [-0.4, -0.2) is 41.8 Å². The van der Waals surface area contributed by atoms with Gasteiger partial charge in [-0.25, -0.2) is 4.98 Å². The van der Waals surface area contributed by atoms with Gasteiger partial charge in [-0.05, 0) is 24.8 Å². The predicted octanol–water partition coefficient (Wildman–Crippen LogP) is 3.19. The Morgan fingerprint density at radius 1 is 1.15 bits per heavy atom. The number of methoxy groups -OCH3 is 1. The third-order valence-electron chi connectivity index (χ3n) is 4.23. The van der Waals surface area contributed by atoms with Gasteiger partial charge in [-0.1, -0.05) is 0 Å². The van der Waals surface area contributed by atoms with E-state index in [0.29, 0.717) is 18.4 Å². The van der Waals surface area contributed by atoms with Crippen molar-refractivity contribution in [2.24, 2.45) is 5.92 Å². The fraction of sp³-hybridized carbons (Fsp3) is 0.471. The summed E-state index contributed by atoms with van der Waals surface area (Å²) >= 11 is 0. The third kappa shape index (κ3) is 4.53. The standard InChI is InChI=1S/C17H19F3N4O2/c1-25-15-3-7-22-16(23-15)24-8-4-12(5-9-24)11-26-13-2-6-21-14(10-13)17(18,19)20/h2-3,6-7,10,12H,4-5,8-9,11H2,1H3. The van der Waals surface area contributed by atoms with Crippen molar-refractivity contribution in [2.75, 3.05) is 31.7 Å². The average Bonchev–Trinajstić information content (AvgIpc) is 2.66. The molecule has 1 aliphatic heterocycles. The van der Waals surface area contributed by atoms with Gasteiger partial charge in [0.2, 0.25) is 11.8 Å². The van der Waals surface area contributed by atoms with Crippen molar-refractivity contribution in [3.8, 4) is 11.6 Å². The second-order valence-corrected chi connectivity index (χ2v) is 6.01. The lowest BCUT2D eigenvalue weighted by Gasteiger charge is -2.31. The molecule has 0 saturated carbocycles. The summed E-state index contributed by atoms with van der Waals surface area (Å²) in [6, 6.07) is 4.06. The first-order valence-electron chi connectivity index (χ1n) is 8.24. The molecule has 0 atom stereocenters. The Bertz CT molecular complexity index is 734. The topological polar surface area (TPSA) is 60.4 Å². The van der Waals surface area contributed by atoms with Crippen LogP contribution in [0.1, 0.15) is 18.5 Å². The van der Waals surface area contributed by atoms with Crippen molar-refractivity contribution in [3.05, 3.63) is 36.3 Å². The maximum absolute atomic E-state index is 12.7. The molecule has 1 aliphatic rings. The Morgan fingerprint density at radius 3 is 2.58 bits per heavy atom. The molecule has 0 radical (unpaired) electrons. The number of hydrogen-bond donors (Lipinski definition) is 0. The van der Waals surface area contributed by atoms with Gasteiger partial charge >= 0.3 is 6.18 Å². The minimum absolute atomic E-state index is 0.186. The molecule has 0 unspecified atom stereocenters. The number of anilines is 1. The summed E-state index contributed by atoms with van der Waals surface area (Å²) in [6.45, 7) is 1.88. The van der Waals surface area contributed by atoms with E-state index in [2.05, 4.69) is 19.9 Å². The van der Waals surface area contributed by atoms with Crippen molar-refractivity contribution in [2.45, 2.75) is 19.0 Å². The van der Waals surface area contributed by atoms with E-state index < -0.39 is 11.9 Å². The van der Waals surface area contributed by atoms with Crippen LogP contribution < -0.4 is 14.4 Å². The molecular weight excluding hydrogens is 349 g/mol. The molecule has 6 nitrogen and oxygen atoms in total. The van der Waals surface area contributed by atoms with Gasteiger partial charge in [0.25, 0.3) is 0 Å². The van der Waals surface area contributed by atoms with Crippen molar-refractivity contribution >= 4 is 5.95 Å². The van der Waals surface area contributed by atoms with E-state index in [0.717, 1.165) is 38.2 Å². The average molecular weight is 368 g/mol. The highest BCUT2D eigenvalue weighted by Crippen LogP contribution is 2.30. The van der Waals surface area contributed by atoms with Crippen molar-refractivity contribution in [3.63, 3.8) is 0 Å². The highest BCUT2D eigenvalue weighted by atomic mass is 19.4. The lowest BCUT2D eigenvalue weighted by Crippen LogP contribution is -2.36. The number of pyridine rings is 1. The summed E-state index contributed by atoms with van der Waals surface area (Å²) in [4.78, 5) is 14.0. The minimum atomic E-state index is -4.47. The van der Waals surface area contributed by atoms with Crippen LogP contribution in [0.15, 0.2) is 30.6 Å². The van der Waals surface area contributed by atoms with Gasteiger partial charge in [0, 0.05) is 37.6 Å². The second kappa shape index (κ2) is 7.76. The minimum Gasteiger partial charge on any atom is -0.493 e.